The zero-order valence-electron chi connectivity index (χ0n) is 16.5. The zero-order chi connectivity index (χ0) is 21.8. The van der Waals surface area contributed by atoms with Crippen LogP contribution in [0.4, 0.5) is 11.4 Å². The second-order valence-electron chi connectivity index (χ2n) is 6.17. The minimum Gasteiger partial charge on any atom is -0.493 e. The van der Waals surface area contributed by atoms with Crippen LogP contribution in [-0.2, 0) is 14.8 Å². The van der Waals surface area contributed by atoms with Gasteiger partial charge >= 0.3 is 0 Å². The van der Waals surface area contributed by atoms with E-state index in [0.29, 0.717) is 11.5 Å². The summed E-state index contributed by atoms with van der Waals surface area (Å²) in [6.45, 7) is 1.43. The standard InChI is InChI=1S/C19H23N3O6S/c1-12(19(24)21-15-8-6-5-7-14(15)18(20)23)22(29(4,25)26)13-9-10-16(27-2)17(11-13)28-3/h5-12H,1-4H3,(H2,20,23)(H,21,24). The van der Waals surface area contributed by atoms with Crippen LogP contribution in [0.3, 0.4) is 0 Å². The lowest BCUT2D eigenvalue weighted by Gasteiger charge is -2.29. The van der Waals surface area contributed by atoms with Gasteiger partial charge in [-0.2, -0.15) is 0 Å². The molecule has 29 heavy (non-hydrogen) atoms. The summed E-state index contributed by atoms with van der Waals surface area (Å²) in [5.41, 5.74) is 5.85. The summed E-state index contributed by atoms with van der Waals surface area (Å²) in [6.07, 6.45) is 0.991. The lowest BCUT2D eigenvalue weighted by molar-refractivity contribution is -0.116. The van der Waals surface area contributed by atoms with E-state index in [2.05, 4.69) is 5.32 Å². The largest absolute Gasteiger partial charge is 0.493 e. The second-order valence-corrected chi connectivity index (χ2v) is 8.03. The molecule has 156 valence electrons. The summed E-state index contributed by atoms with van der Waals surface area (Å²) < 4.78 is 36.3. The molecule has 9 nitrogen and oxygen atoms in total. The van der Waals surface area contributed by atoms with Gasteiger partial charge < -0.3 is 20.5 Å². The molecule has 0 saturated carbocycles. The van der Waals surface area contributed by atoms with Gasteiger partial charge in [-0.05, 0) is 31.2 Å². The van der Waals surface area contributed by atoms with Crippen molar-refractivity contribution in [2.75, 3.05) is 30.1 Å². The summed E-state index contributed by atoms with van der Waals surface area (Å²) in [4.78, 5) is 24.4. The first-order chi connectivity index (χ1) is 13.6. The van der Waals surface area contributed by atoms with Crippen molar-refractivity contribution in [2.45, 2.75) is 13.0 Å². The highest BCUT2D eigenvalue weighted by Gasteiger charge is 2.30. The van der Waals surface area contributed by atoms with Crippen LogP contribution < -0.4 is 24.8 Å². The molecule has 0 aliphatic rings. The molecule has 0 spiro atoms. The van der Waals surface area contributed by atoms with E-state index in [1.165, 1.54) is 45.4 Å². The van der Waals surface area contributed by atoms with Gasteiger partial charge in [-0.3, -0.25) is 13.9 Å². The van der Waals surface area contributed by atoms with Gasteiger partial charge in [0, 0.05) is 6.07 Å². The van der Waals surface area contributed by atoms with Gasteiger partial charge in [0.25, 0.3) is 5.91 Å². The third kappa shape index (κ3) is 4.96. The average Bonchev–Trinajstić information content (AvgIpc) is 2.67. The number of rotatable bonds is 8. The third-order valence-corrected chi connectivity index (χ3v) is 5.40. The van der Waals surface area contributed by atoms with Gasteiger partial charge in [0.2, 0.25) is 15.9 Å². The number of hydrogen-bond acceptors (Lipinski definition) is 6. The first kappa shape index (κ1) is 22.0. The summed E-state index contributed by atoms with van der Waals surface area (Å²) in [6, 6.07) is 9.56. The molecule has 1 atom stereocenters. The Hall–Kier alpha value is -3.27. The lowest BCUT2D eigenvalue weighted by Crippen LogP contribution is -2.45. The molecule has 2 rings (SSSR count). The normalized spacial score (nSPS) is 12.0. The van der Waals surface area contributed by atoms with Crippen LogP contribution in [0.25, 0.3) is 0 Å². The van der Waals surface area contributed by atoms with Gasteiger partial charge in [0.1, 0.15) is 6.04 Å². The molecule has 0 radical (unpaired) electrons. The summed E-state index contributed by atoms with van der Waals surface area (Å²) in [5.74, 6) is -0.630. The van der Waals surface area contributed by atoms with Crippen LogP contribution in [0.1, 0.15) is 17.3 Å². The zero-order valence-corrected chi connectivity index (χ0v) is 17.3. The predicted molar refractivity (Wildman–Crippen MR) is 110 cm³/mol. The van der Waals surface area contributed by atoms with E-state index >= 15 is 0 Å². The van der Waals surface area contributed by atoms with Gasteiger partial charge in [0.05, 0.1) is 37.4 Å². The summed E-state index contributed by atoms with van der Waals surface area (Å²) >= 11 is 0. The van der Waals surface area contributed by atoms with Gasteiger partial charge in [-0.15, -0.1) is 0 Å². The summed E-state index contributed by atoms with van der Waals surface area (Å²) in [5, 5.41) is 2.56. The third-order valence-electron chi connectivity index (χ3n) is 4.16. The molecule has 1 unspecified atom stereocenters. The van der Waals surface area contributed by atoms with Gasteiger partial charge in [-0.1, -0.05) is 12.1 Å². The van der Waals surface area contributed by atoms with Crippen LogP contribution in [-0.4, -0.2) is 46.7 Å². The predicted octanol–water partition coefficient (Wildman–Crippen LogP) is 1.60. The van der Waals surface area contributed by atoms with Crippen LogP contribution in [0.5, 0.6) is 11.5 Å². The van der Waals surface area contributed by atoms with E-state index in [1.54, 1.807) is 18.2 Å². The molecule has 0 aliphatic carbocycles. The van der Waals surface area contributed by atoms with Crippen molar-refractivity contribution in [3.63, 3.8) is 0 Å². The Morgan fingerprint density at radius 2 is 1.69 bits per heavy atom. The number of carbonyl (C=O) groups excluding carboxylic acids is 2. The fourth-order valence-electron chi connectivity index (χ4n) is 2.81. The van der Waals surface area contributed by atoms with Crippen LogP contribution >= 0.6 is 0 Å². The topological polar surface area (TPSA) is 128 Å². The molecule has 0 saturated heterocycles. The number of nitrogens with two attached hydrogens (primary N) is 1. The second kappa shape index (κ2) is 8.82. The molecule has 0 fully saturated rings. The number of nitrogens with one attached hydrogen (secondary N) is 1. The van der Waals surface area contributed by atoms with E-state index in [-0.39, 0.29) is 16.9 Å². The van der Waals surface area contributed by atoms with Crippen molar-refractivity contribution in [3.8, 4) is 11.5 Å². The number of benzene rings is 2. The monoisotopic (exact) mass is 421 g/mol. The van der Waals surface area contributed by atoms with Crippen molar-refractivity contribution >= 4 is 33.2 Å². The quantitative estimate of drug-likeness (QED) is 0.666. The molecule has 0 heterocycles. The molecule has 10 heteroatoms. The highest BCUT2D eigenvalue weighted by Crippen LogP contribution is 2.33. The molecule has 0 aliphatic heterocycles. The minimum atomic E-state index is -3.84. The van der Waals surface area contributed by atoms with Crippen molar-refractivity contribution in [1.82, 2.24) is 0 Å². The van der Waals surface area contributed by atoms with Crippen molar-refractivity contribution < 1.29 is 27.5 Å². The number of anilines is 2. The number of ether oxygens (including phenoxy) is 2. The SMILES string of the molecule is COc1ccc(N(C(C)C(=O)Nc2ccccc2C(N)=O)S(C)(=O)=O)cc1OC. The molecule has 0 aromatic heterocycles. The van der Waals surface area contributed by atoms with Crippen LogP contribution in [0, 0.1) is 0 Å². The first-order valence-corrected chi connectivity index (χ1v) is 10.4. The smallest absolute Gasteiger partial charge is 0.250 e. The molecule has 0 bridgehead atoms. The number of amides is 2. The number of para-hydroxylation sites is 1. The minimum absolute atomic E-state index is 0.116. The number of nitrogens with zero attached hydrogens (tertiary/aromatic N) is 1. The fraction of sp³-hybridized carbons (Fsp3) is 0.263. The van der Waals surface area contributed by atoms with Crippen molar-refractivity contribution in [1.29, 1.82) is 0 Å². The van der Waals surface area contributed by atoms with Crippen molar-refractivity contribution in [3.05, 3.63) is 48.0 Å². The Kier molecular flexibility index (Phi) is 6.70. The molecular weight excluding hydrogens is 398 g/mol. The van der Waals surface area contributed by atoms with E-state index in [0.717, 1.165) is 10.6 Å². The number of sulfonamides is 1. The average molecular weight is 421 g/mol. The van der Waals surface area contributed by atoms with E-state index in [1.807, 2.05) is 0 Å². The van der Waals surface area contributed by atoms with Crippen LogP contribution in [0.15, 0.2) is 42.5 Å². The van der Waals surface area contributed by atoms with Crippen molar-refractivity contribution in [2.24, 2.45) is 5.73 Å². The number of methoxy groups -OCH3 is 2. The van der Waals surface area contributed by atoms with E-state index < -0.39 is 27.9 Å². The fourth-order valence-corrected chi connectivity index (χ4v) is 3.98. The molecule has 2 amide bonds. The summed E-state index contributed by atoms with van der Waals surface area (Å²) in [7, 11) is -0.965. The number of primary amides is 1. The Morgan fingerprint density at radius 3 is 2.24 bits per heavy atom. The van der Waals surface area contributed by atoms with Crippen LogP contribution in [0.2, 0.25) is 0 Å². The van der Waals surface area contributed by atoms with Gasteiger partial charge in [-0.25, -0.2) is 8.42 Å². The first-order valence-electron chi connectivity index (χ1n) is 8.51. The maximum Gasteiger partial charge on any atom is 0.250 e. The van der Waals surface area contributed by atoms with Gasteiger partial charge in [0.15, 0.2) is 11.5 Å². The molecular formula is C19H23N3O6S. The Morgan fingerprint density at radius 1 is 1.07 bits per heavy atom. The molecule has 2 aromatic carbocycles. The highest BCUT2D eigenvalue weighted by molar-refractivity contribution is 7.92. The molecule has 2 aromatic rings. The maximum atomic E-state index is 12.8. The van der Waals surface area contributed by atoms with E-state index in [9.17, 15) is 18.0 Å². The highest BCUT2D eigenvalue weighted by atomic mass is 32.2. The maximum absolute atomic E-state index is 12.8. The Balaban J connectivity index is 2.41. The Labute approximate surface area is 169 Å². The number of carbonyl (C=O) groups is 2. The van der Waals surface area contributed by atoms with E-state index in [4.69, 9.17) is 15.2 Å². The Bertz CT molecular complexity index is 1020. The molecule has 3 N–H and O–H groups in total. The number of hydrogen-bond donors (Lipinski definition) is 2. The lowest BCUT2D eigenvalue weighted by atomic mass is 10.1.